The lowest BCUT2D eigenvalue weighted by Crippen LogP contribution is -2.40. The van der Waals surface area contributed by atoms with Crippen LogP contribution in [0.25, 0.3) is 0 Å². The van der Waals surface area contributed by atoms with E-state index in [9.17, 15) is 0 Å². The third kappa shape index (κ3) is 5.66. The SMILES string of the molecule is CCCCCCc1csc(CO[Si](C)(C)C(C)(C)C)n1. The molecule has 4 heteroatoms. The van der Waals surface area contributed by atoms with Gasteiger partial charge in [0.15, 0.2) is 8.32 Å². The first-order valence-electron chi connectivity index (χ1n) is 7.83. The number of aryl methyl sites for hydroxylation is 1. The molecule has 0 unspecified atom stereocenters. The molecule has 0 aromatic carbocycles. The van der Waals surface area contributed by atoms with Gasteiger partial charge in [-0.2, -0.15) is 0 Å². The largest absolute Gasteiger partial charge is 0.410 e. The summed E-state index contributed by atoms with van der Waals surface area (Å²) in [6.07, 6.45) is 6.34. The molecule has 0 aliphatic carbocycles. The summed E-state index contributed by atoms with van der Waals surface area (Å²) in [5.41, 5.74) is 1.25. The Morgan fingerprint density at radius 3 is 2.50 bits per heavy atom. The summed E-state index contributed by atoms with van der Waals surface area (Å²) in [7, 11) is -1.65. The second-order valence-corrected chi connectivity index (χ2v) is 12.8. The third-order valence-corrected chi connectivity index (χ3v) is 9.60. The summed E-state index contributed by atoms with van der Waals surface area (Å²) in [5, 5.41) is 3.61. The van der Waals surface area contributed by atoms with Gasteiger partial charge in [0.05, 0.1) is 12.3 Å². The van der Waals surface area contributed by atoms with Crippen molar-refractivity contribution in [2.45, 2.75) is 84.5 Å². The number of thiazole rings is 1. The minimum atomic E-state index is -1.65. The van der Waals surface area contributed by atoms with E-state index in [-0.39, 0.29) is 5.04 Å². The van der Waals surface area contributed by atoms with Crippen molar-refractivity contribution in [3.8, 4) is 0 Å². The Labute approximate surface area is 130 Å². The van der Waals surface area contributed by atoms with Crippen LogP contribution in [0.2, 0.25) is 18.1 Å². The highest BCUT2D eigenvalue weighted by atomic mass is 32.1. The van der Waals surface area contributed by atoms with Gasteiger partial charge >= 0.3 is 0 Å². The van der Waals surface area contributed by atoms with Gasteiger partial charge in [-0.05, 0) is 31.0 Å². The van der Waals surface area contributed by atoms with Crippen molar-refractivity contribution in [2.75, 3.05) is 0 Å². The molecule has 0 aliphatic rings. The van der Waals surface area contributed by atoms with E-state index in [2.05, 4.69) is 46.2 Å². The molecule has 0 aliphatic heterocycles. The predicted octanol–water partition coefficient (Wildman–Crippen LogP) is 5.79. The van der Waals surface area contributed by atoms with E-state index >= 15 is 0 Å². The quantitative estimate of drug-likeness (QED) is 0.448. The smallest absolute Gasteiger partial charge is 0.192 e. The monoisotopic (exact) mass is 313 g/mol. The highest BCUT2D eigenvalue weighted by molar-refractivity contribution is 7.09. The van der Waals surface area contributed by atoms with Crippen molar-refractivity contribution in [1.29, 1.82) is 0 Å². The minimum Gasteiger partial charge on any atom is -0.410 e. The van der Waals surface area contributed by atoms with E-state index in [0.717, 1.165) is 11.4 Å². The van der Waals surface area contributed by atoms with Crippen LogP contribution in [0.5, 0.6) is 0 Å². The molecule has 2 nitrogen and oxygen atoms in total. The average molecular weight is 314 g/mol. The molecular weight excluding hydrogens is 282 g/mol. The molecule has 0 amide bonds. The molecule has 0 radical (unpaired) electrons. The van der Waals surface area contributed by atoms with Gasteiger partial charge in [0.2, 0.25) is 0 Å². The highest BCUT2D eigenvalue weighted by Gasteiger charge is 2.37. The maximum absolute atomic E-state index is 6.22. The number of unbranched alkanes of at least 4 members (excludes halogenated alkanes) is 3. The van der Waals surface area contributed by atoms with Crippen LogP contribution >= 0.6 is 11.3 Å². The Balaban J connectivity index is 2.41. The molecule has 0 fully saturated rings. The molecule has 0 saturated carbocycles. The van der Waals surface area contributed by atoms with Crippen molar-refractivity contribution in [1.82, 2.24) is 4.98 Å². The number of rotatable bonds is 8. The van der Waals surface area contributed by atoms with Gasteiger partial charge in [0.25, 0.3) is 0 Å². The van der Waals surface area contributed by atoms with Crippen LogP contribution in [0.4, 0.5) is 0 Å². The lowest BCUT2D eigenvalue weighted by Gasteiger charge is -2.35. The summed E-state index contributed by atoms with van der Waals surface area (Å²) in [6, 6.07) is 0. The zero-order chi connectivity index (χ0) is 15.2. The van der Waals surface area contributed by atoms with Crippen LogP contribution in [-0.4, -0.2) is 13.3 Å². The molecule has 1 aromatic rings. The molecule has 0 atom stereocenters. The van der Waals surface area contributed by atoms with Gasteiger partial charge in [-0.15, -0.1) is 11.3 Å². The van der Waals surface area contributed by atoms with E-state index < -0.39 is 8.32 Å². The molecule has 116 valence electrons. The predicted molar refractivity (Wildman–Crippen MR) is 91.9 cm³/mol. The van der Waals surface area contributed by atoms with Crippen LogP contribution in [0, 0.1) is 0 Å². The Morgan fingerprint density at radius 2 is 1.90 bits per heavy atom. The number of nitrogens with zero attached hydrogens (tertiary/aromatic N) is 1. The first kappa shape index (κ1) is 17.9. The molecular formula is C16H31NOSSi. The van der Waals surface area contributed by atoms with Gasteiger partial charge < -0.3 is 4.43 Å². The first-order valence-corrected chi connectivity index (χ1v) is 11.6. The summed E-state index contributed by atoms with van der Waals surface area (Å²) in [5.74, 6) is 0. The number of aromatic nitrogens is 1. The van der Waals surface area contributed by atoms with Crippen LogP contribution < -0.4 is 0 Å². The Morgan fingerprint density at radius 1 is 1.20 bits per heavy atom. The second-order valence-electron chi connectivity index (χ2n) is 7.09. The summed E-state index contributed by atoms with van der Waals surface area (Å²) in [6.45, 7) is 14.4. The van der Waals surface area contributed by atoms with Gasteiger partial charge in [0, 0.05) is 5.38 Å². The normalized spacial score (nSPS) is 12.9. The Kier molecular flexibility index (Phi) is 6.89. The van der Waals surface area contributed by atoms with Crippen molar-refractivity contribution in [3.05, 3.63) is 16.1 Å². The standard InChI is InChI=1S/C16H31NOSSi/c1-7-8-9-10-11-14-13-19-15(17-14)12-18-20(5,6)16(2,3)4/h13H,7-12H2,1-6H3. The van der Waals surface area contributed by atoms with E-state index in [4.69, 9.17) is 9.41 Å². The topological polar surface area (TPSA) is 22.1 Å². The fourth-order valence-electron chi connectivity index (χ4n) is 1.72. The van der Waals surface area contributed by atoms with Gasteiger partial charge in [0.1, 0.15) is 5.01 Å². The molecule has 1 heterocycles. The molecule has 1 aromatic heterocycles. The number of hydrogen-bond donors (Lipinski definition) is 0. The van der Waals surface area contributed by atoms with Gasteiger partial charge in [-0.3, -0.25) is 0 Å². The molecule has 0 saturated heterocycles. The van der Waals surface area contributed by atoms with Crippen molar-refractivity contribution >= 4 is 19.7 Å². The fraction of sp³-hybridized carbons (Fsp3) is 0.812. The first-order chi connectivity index (χ1) is 9.26. The molecule has 1 rings (SSSR count). The molecule has 0 N–H and O–H groups in total. The third-order valence-electron chi connectivity index (χ3n) is 4.25. The number of hydrogen-bond acceptors (Lipinski definition) is 3. The van der Waals surface area contributed by atoms with Gasteiger partial charge in [-0.1, -0.05) is 47.0 Å². The van der Waals surface area contributed by atoms with Crippen molar-refractivity contribution in [2.24, 2.45) is 0 Å². The molecule has 0 spiro atoms. The minimum absolute atomic E-state index is 0.271. The second kappa shape index (κ2) is 7.71. The Bertz CT molecular complexity index is 395. The fourth-order valence-corrected chi connectivity index (χ4v) is 3.50. The van der Waals surface area contributed by atoms with Crippen molar-refractivity contribution < 1.29 is 4.43 Å². The average Bonchev–Trinajstić information content (AvgIpc) is 2.79. The Hall–Kier alpha value is -0.193. The van der Waals surface area contributed by atoms with E-state index in [1.54, 1.807) is 11.3 Å². The van der Waals surface area contributed by atoms with E-state index in [0.29, 0.717) is 6.61 Å². The zero-order valence-electron chi connectivity index (χ0n) is 14.1. The van der Waals surface area contributed by atoms with Crippen LogP contribution in [0.1, 0.15) is 64.1 Å². The lowest BCUT2D eigenvalue weighted by molar-refractivity contribution is 0.275. The van der Waals surface area contributed by atoms with Gasteiger partial charge in [-0.25, -0.2) is 4.98 Å². The van der Waals surface area contributed by atoms with Crippen LogP contribution in [0.3, 0.4) is 0 Å². The van der Waals surface area contributed by atoms with Crippen LogP contribution in [0.15, 0.2) is 5.38 Å². The summed E-state index contributed by atoms with van der Waals surface area (Å²) < 4.78 is 6.22. The molecule has 20 heavy (non-hydrogen) atoms. The van der Waals surface area contributed by atoms with E-state index in [1.165, 1.54) is 31.4 Å². The highest BCUT2D eigenvalue weighted by Crippen LogP contribution is 2.37. The van der Waals surface area contributed by atoms with E-state index in [1.807, 2.05) is 0 Å². The maximum atomic E-state index is 6.22. The summed E-state index contributed by atoms with van der Waals surface area (Å²) in [4.78, 5) is 4.71. The van der Waals surface area contributed by atoms with Crippen LogP contribution in [-0.2, 0) is 17.5 Å². The van der Waals surface area contributed by atoms with Crippen molar-refractivity contribution in [3.63, 3.8) is 0 Å². The summed E-state index contributed by atoms with van der Waals surface area (Å²) >= 11 is 1.75. The maximum Gasteiger partial charge on any atom is 0.192 e. The molecule has 0 bridgehead atoms. The zero-order valence-corrected chi connectivity index (χ0v) is 15.9. The lowest BCUT2D eigenvalue weighted by atomic mass is 10.1.